The van der Waals surface area contributed by atoms with Crippen molar-refractivity contribution in [2.45, 2.75) is 13.5 Å². The number of carbonyl (C=O) groups is 1. The van der Waals surface area contributed by atoms with Gasteiger partial charge >= 0.3 is 0 Å². The van der Waals surface area contributed by atoms with Crippen molar-refractivity contribution in [2.75, 3.05) is 7.11 Å². The molecule has 0 fully saturated rings. The van der Waals surface area contributed by atoms with Crippen LogP contribution in [0.1, 0.15) is 21.6 Å². The van der Waals surface area contributed by atoms with Crippen molar-refractivity contribution in [3.8, 4) is 5.75 Å². The minimum atomic E-state index is -0.103. The van der Waals surface area contributed by atoms with E-state index in [2.05, 4.69) is 15.3 Å². The van der Waals surface area contributed by atoms with E-state index in [0.29, 0.717) is 12.1 Å². The number of H-pyrrole nitrogens is 1. The van der Waals surface area contributed by atoms with Crippen molar-refractivity contribution < 1.29 is 9.53 Å². The zero-order chi connectivity index (χ0) is 15.5. The molecule has 0 aliphatic rings. The lowest BCUT2D eigenvalue weighted by atomic mass is 10.1. The van der Waals surface area contributed by atoms with Gasteiger partial charge in [-0.05, 0) is 30.7 Å². The van der Waals surface area contributed by atoms with E-state index >= 15 is 0 Å². The Labute approximate surface area is 128 Å². The third-order valence-corrected chi connectivity index (χ3v) is 3.63. The molecule has 2 N–H and O–H groups in total. The average molecular weight is 295 g/mol. The normalized spacial score (nSPS) is 10.6. The van der Waals surface area contributed by atoms with Gasteiger partial charge in [-0.25, -0.2) is 0 Å². The first-order valence-corrected chi connectivity index (χ1v) is 7.03. The Balaban J connectivity index is 1.89. The zero-order valence-electron chi connectivity index (χ0n) is 12.5. The van der Waals surface area contributed by atoms with Crippen LogP contribution in [0, 0.1) is 6.92 Å². The first-order valence-electron chi connectivity index (χ1n) is 7.03. The third-order valence-electron chi connectivity index (χ3n) is 3.63. The van der Waals surface area contributed by atoms with Gasteiger partial charge in [0.25, 0.3) is 5.91 Å². The van der Waals surface area contributed by atoms with Gasteiger partial charge in [-0.15, -0.1) is 0 Å². The lowest BCUT2D eigenvalue weighted by Gasteiger charge is -2.06. The summed E-state index contributed by atoms with van der Waals surface area (Å²) >= 11 is 0. The van der Waals surface area contributed by atoms with E-state index < -0.39 is 0 Å². The summed E-state index contributed by atoms with van der Waals surface area (Å²) in [5, 5.41) is 3.81. The van der Waals surface area contributed by atoms with Gasteiger partial charge in [0.2, 0.25) is 0 Å². The summed E-state index contributed by atoms with van der Waals surface area (Å²) in [5.74, 6) is 0.627. The SMILES string of the molecule is COc1cccc2c(C(=O)NCc3ccncc3)c(C)[nH]c12. The molecule has 5 nitrogen and oxygen atoms in total. The summed E-state index contributed by atoms with van der Waals surface area (Å²) in [6.45, 7) is 2.36. The molecule has 3 aromatic rings. The monoisotopic (exact) mass is 295 g/mol. The number of pyridine rings is 1. The topological polar surface area (TPSA) is 67.0 Å². The van der Waals surface area contributed by atoms with Crippen LogP contribution in [-0.4, -0.2) is 23.0 Å². The summed E-state index contributed by atoms with van der Waals surface area (Å²) in [4.78, 5) is 19.7. The number of nitrogens with zero attached hydrogens (tertiary/aromatic N) is 1. The van der Waals surface area contributed by atoms with E-state index in [4.69, 9.17) is 4.74 Å². The van der Waals surface area contributed by atoms with Crippen molar-refractivity contribution >= 4 is 16.8 Å². The van der Waals surface area contributed by atoms with E-state index in [1.807, 2.05) is 37.3 Å². The zero-order valence-corrected chi connectivity index (χ0v) is 12.5. The summed E-state index contributed by atoms with van der Waals surface area (Å²) in [6, 6.07) is 9.44. The average Bonchev–Trinajstić information content (AvgIpc) is 2.89. The fourth-order valence-corrected chi connectivity index (χ4v) is 2.55. The number of hydrogen-bond donors (Lipinski definition) is 2. The van der Waals surface area contributed by atoms with Crippen molar-refractivity contribution in [2.24, 2.45) is 0 Å². The van der Waals surface area contributed by atoms with E-state index in [-0.39, 0.29) is 5.91 Å². The fourth-order valence-electron chi connectivity index (χ4n) is 2.55. The quantitative estimate of drug-likeness (QED) is 0.777. The van der Waals surface area contributed by atoms with Crippen LogP contribution < -0.4 is 10.1 Å². The Morgan fingerprint density at radius 3 is 2.77 bits per heavy atom. The molecular formula is C17H17N3O2. The van der Waals surface area contributed by atoms with Gasteiger partial charge in [0, 0.05) is 30.0 Å². The molecule has 0 unspecified atom stereocenters. The molecule has 3 rings (SSSR count). The molecule has 1 amide bonds. The predicted molar refractivity (Wildman–Crippen MR) is 85.0 cm³/mol. The standard InChI is InChI=1S/C17H17N3O2/c1-11-15(13-4-3-5-14(22-2)16(13)20-11)17(21)19-10-12-6-8-18-9-7-12/h3-9,20H,10H2,1-2H3,(H,19,21). The molecule has 0 aliphatic heterocycles. The Morgan fingerprint density at radius 2 is 2.05 bits per heavy atom. The van der Waals surface area contributed by atoms with Gasteiger partial charge in [-0.1, -0.05) is 12.1 Å². The minimum Gasteiger partial charge on any atom is -0.495 e. The number of carbonyl (C=O) groups excluding carboxylic acids is 1. The Hall–Kier alpha value is -2.82. The lowest BCUT2D eigenvalue weighted by Crippen LogP contribution is -2.23. The molecule has 0 saturated heterocycles. The molecule has 0 atom stereocenters. The van der Waals surface area contributed by atoms with E-state index in [0.717, 1.165) is 27.9 Å². The highest BCUT2D eigenvalue weighted by Gasteiger charge is 2.17. The molecule has 0 radical (unpaired) electrons. The summed E-state index contributed by atoms with van der Waals surface area (Å²) in [7, 11) is 1.62. The number of benzene rings is 1. The van der Waals surface area contributed by atoms with Crippen LogP contribution in [0.3, 0.4) is 0 Å². The number of aromatic nitrogens is 2. The van der Waals surface area contributed by atoms with Crippen LogP contribution in [0.4, 0.5) is 0 Å². The number of nitrogens with one attached hydrogen (secondary N) is 2. The molecule has 0 bridgehead atoms. The van der Waals surface area contributed by atoms with E-state index in [9.17, 15) is 4.79 Å². The van der Waals surface area contributed by atoms with Crippen LogP contribution in [-0.2, 0) is 6.54 Å². The van der Waals surface area contributed by atoms with Gasteiger partial charge in [0.1, 0.15) is 5.75 Å². The smallest absolute Gasteiger partial charge is 0.253 e. The molecule has 2 aromatic heterocycles. The number of methoxy groups -OCH3 is 1. The van der Waals surface area contributed by atoms with Crippen molar-refractivity contribution in [1.29, 1.82) is 0 Å². The van der Waals surface area contributed by atoms with Crippen molar-refractivity contribution in [3.05, 3.63) is 59.5 Å². The minimum absolute atomic E-state index is 0.103. The molecule has 5 heteroatoms. The highest BCUT2D eigenvalue weighted by Crippen LogP contribution is 2.29. The van der Waals surface area contributed by atoms with Crippen molar-refractivity contribution in [3.63, 3.8) is 0 Å². The van der Waals surface area contributed by atoms with Gasteiger partial charge < -0.3 is 15.0 Å². The highest BCUT2D eigenvalue weighted by atomic mass is 16.5. The maximum Gasteiger partial charge on any atom is 0.253 e. The number of para-hydroxylation sites is 1. The van der Waals surface area contributed by atoms with Crippen LogP contribution in [0.2, 0.25) is 0 Å². The summed E-state index contributed by atoms with van der Waals surface area (Å²) in [6.07, 6.45) is 3.42. The molecule has 0 saturated carbocycles. The largest absolute Gasteiger partial charge is 0.495 e. The van der Waals surface area contributed by atoms with Crippen molar-refractivity contribution in [1.82, 2.24) is 15.3 Å². The number of fused-ring (bicyclic) bond motifs is 1. The Morgan fingerprint density at radius 1 is 1.27 bits per heavy atom. The molecule has 0 aliphatic carbocycles. The third kappa shape index (κ3) is 2.53. The number of rotatable bonds is 4. The molecule has 1 aromatic carbocycles. The number of amides is 1. The fraction of sp³-hybridized carbons (Fsp3) is 0.176. The Kier molecular flexibility index (Phi) is 3.78. The Bertz CT molecular complexity index is 809. The maximum atomic E-state index is 12.5. The predicted octanol–water partition coefficient (Wildman–Crippen LogP) is 2.81. The van der Waals surface area contributed by atoms with Gasteiger partial charge in [-0.2, -0.15) is 0 Å². The molecule has 2 heterocycles. The van der Waals surface area contributed by atoms with Gasteiger partial charge in [0.15, 0.2) is 0 Å². The van der Waals surface area contributed by atoms with Gasteiger partial charge in [0.05, 0.1) is 18.2 Å². The first-order chi connectivity index (χ1) is 10.7. The maximum absolute atomic E-state index is 12.5. The number of aromatic amines is 1. The van der Waals surface area contributed by atoms with Crippen LogP contribution in [0.5, 0.6) is 5.75 Å². The van der Waals surface area contributed by atoms with Gasteiger partial charge in [-0.3, -0.25) is 9.78 Å². The van der Waals surface area contributed by atoms with Crippen LogP contribution >= 0.6 is 0 Å². The second-order valence-electron chi connectivity index (χ2n) is 5.05. The molecule has 0 spiro atoms. The van der Waals surface area contributed by atoms with E-state index in [1.54, 1.807) is 19.5 Å². The number of aryl methyl sites for hydroxylation is 1. The molecule has 22 heavy (non-hydrogen) atoms. The lowest BCUT2D eigenvalue weighted by molar-refractivity contribution is 0.0952. The molecule has 112 valence electrons. The van der Waals surface area contributed by atoms with Crippen LogP contribution in [0.15, 0.2) is 42.7 Å². The molecular weight excluding hydrogens is 278 g/mol. The first kappa shape index (κ1) is 14.1. The highest BCUT2D eigenvalue weighted by molar-refractivity contribution is 6.09. The van der Waals surface area contributed by atoms with E-state index in [1.165, 1.54) is 0 Å². The summed E-state index contributed by atoms with van der Waals surface area (Å²) < 4.78 is 5.33. The second-order valence-corrected chi connectivity index (χ2v) is 5.05. The summed E-state index contributed by atoms with van der Waals surface area (Å²) in [5.41, 5.74) is 3.34. The van der Waals surface area contributed by atoms with Crippen LogP contribution in [0.25, 0.3) is 10.9 Å². The second kappa shape index (κ2) is 5.89. The number of hydrogen-bond acceptors (Lipinski definition) is 3. The number of ether oxygens (including phenoxy) is 1.